The van der Waals surface area contributed by atoms with Gasteiger partial charge in [-0.3, -0.25) is 0 Å². The molecule has 0 N–H and O–H groups in total. The lowest BCUT2D eigenvalue weighted by Crippen LogP contribution is -2.04. The third kappa shape index (κ3) is 3.35. The van der Waals surface area contributed by atoms with Crippen molar-refractivity contribution in [1.29, 1.82) is 0 Å². The second kappa shape index (κ2) is 4.61. The van der Waals surface area contributed by atoms with Crippen LogP contribution < -0.4 is 4.74 Å². The van der Waals surface area contributed by atoms with Crippen LogP contribution in [-0.2, 0) is 0 Å². The molecule has 1 rings (SSSR count). The molecule has 0 heterocycles. The minimum absolute atomic E-state index is 0.276. The van der Waals surface area contributed by atoms with Gasteiger partial charge in [0.1, 0.15) is 11.6 Å². The van der Waals surface area contributed by atoms with Crippen molar-refractivity contribution in [3.63, 3.8) is 0 Å². The minimum atomic E-state index is -0.276. The van der Waals surface area contributed by atoms with Gasteiger partial charge in [0.2, 0.25) is 0 Å². The number of hydrogen-bond acceptors (Lipinski definition) is 1. The average Bonchev–Trinajstić information content (AvgIpc) is 2.06. The van der Waals surface area contributed by atoms with Crippen LogP contribution in [0.1, 0.15) is 13.8 Å². The van der Waals surface area contributed by atoms with Gasteiger partial charge in [0.25, 0.3) is 0 Å². The molecule has 0 bridgehead atoms. The van der Waals surface area contributed by atoms with Crippen LogP contribution in [0, 0.1) is 11.7 Å². The summed E-state index contributed by atoms with van der Waals surface area (Å²) in [4.78, 5) is 0. The molecule has 1 aromatic carbocycles. The summed E-state index contributed by atoms with van der Waals surface area (Å²) in [6, 6.07) is 4.42. The summed E-state index contributed by atoms with van der Waals surface area (Å²) in [5.41, 5.74) is 0. The Bertz CT molecular complexity index is 286. The Balaban J connectivity index is 2.70. The van der Waals surface area contributed by atoms with Crippen molar-refractivity contribution in [1.82, 2.24) is 0 Å². The molecule has 0 saturated heterocycles. The van der Waals surface area contributed by atoms with E-state index in [-0.39, 0.29) is 5.82 Å². The molecule has 0 saturated carbocycles. The fraction of sp³-hybridized carbons (Fsp3) is 0.400. The van der Waals surface area contributed by atoms with Crippen LogP contribution in [0.5, 0.6) is 5.75 Å². The first-order chi connectivity index (χ1) is 6.09. The summed E-state index contributed by atoms with van der Waals surface area (Å²) in [5.74, 6) is 0.728. The zero-order valence-corrected chi connectivity index (χ0v) is 9.27. The Morgan fingerprint density at radius 1 is 1.46 bits per heavy atom. The van der Waals surface area contributed by atoms with Crippen molar-refractivity contribution in [2.45, 2.75) is 13.8 Å². The molecular formula is C10H12BrFO. The third-order valence-corrected chi connectivity index (χ3v) is 2.12. The van der Waals surface area contributed by atoms with Gasteiger partial charge in [-0.2, -0.15) is 0 Å². The van der Waals surface area contributed by atoms with Crippen molar-refractivity contribution in [2.24, 2.45) is 5.92 Å². The molecular weight excluding hydrogens is 235 g/mol. The van der Waals surface area contributed by atoms with Gasteiger partial charge < -0.3 is 4.74 Å². The highest BCUT2D eigenvalue weighted by molar-refractivity contribution is 9.10. The van der Waals surface area contributed by atoms with Crippen molar-refractivity contribution in [3.8, 4) is 5.75 Å². The molecule has 0 aromatic heterocycles. The Morgan fingerprint density at radius 3 is 2.77 bits per heavy atom. The van der Waals surface area contributed by atoms with Crippen LogP contribution in [0.25, 0.3) is 0 Å². The highest BCUT2D eigenvalue weighted by atomic mass is 79.9. The summed E-state index contributed by atoms with van der Waals surface area (Å²) >= 11 is 3.29. The van der Waals surface area contributed by atoms with Gasteiger partial charge in [-0.15, -0.1) is 0 Å². The first kappa shape index (κ1) is 10.5. The maximum Gasteiger partial charge on any atom is 0.136 e. The van der Waals surface area contributed by atoms with Crippen LogP contribution in [0.4, 0.5) is 4.39 Å². The lowest BCUT2D eigenvalue weighted by atomic mass is 10.2. The van der Waals surface area contributed by atoms with Gasteiger partial charge in [0, 0.05) is 6.07 Å². The SMILES string of the molecule is CC(C)COc1cc(F)ccc1Br. The van der Waals surface area contributed by atoms with E-state index in [2.05, 4.69) is 15.9 Å². The van der Waals surface area contributed by atoms with Crippen molar-refractivity contribution in [2.75, 3.05) is 6.61 Å². The van der Waals surface area contributed by atoms with Crippen LogP contribution in [0.15, 0.2) is 22.7 Å². The third-order valence-electron chi connectivity index (χ3n) is 1.47. The van der Waals surface area contributed by atoms with Crippen molar-refractivity contribution in [3.05, 3.63) is 28.5 Å². The monoisotopic (exact) mass is 246 g/mol. The second-order valence-corrected chi connectivity index (χ2v) is 4.13. The van der Waals surface area contributed by atoms with Crippen molar-refractivity contribution >= 4 is 15.9 Å². The number of benzene rings is 1. The molecule has 0 unspecified atom stereocenters. The quantitative estimate of drug-likeness (QED) is 0.792. The molecule has 0 radical (unpaired) electrons. The number of rotatable bonds is 3. The highest BCUT2D eigenvalue weighted by Gasteiger charge is 2.03. The standard InChI is InChI=1S/C10H12BrFO/c1-7(2)6-13-10-5-8(12)3-4-9(10)11/h3-5,7H,6H2,1-2H3. The van der Waals surface area contributed by atoms with E-state index in [0.29, 0.717) is 18.3 Å². The Morgan fingerprint density at radius 2 is 2.15 bits per heavy atom. The lowest BCUT2D eigenvalue weighted by molar-refractivity contribution is 0.268. The molecule has 0 aliphatic heterocycles. The van der Waals surface area contributed by atoms with Gasteiger partial charge in [-0.1, -0.05) is 13.8 Å². The van der Waals surface area contributed by atoms with Crippen LogP contribution >= 0.6 is 15.9 Å². The Hall–Kier alpha value is -0.570. The van der Waals surface area contributed by atoms with Gasteiger partial charge in [-0.05, 0) is 34.0 Å². The summed E-state index contributed by atoms with van der Waals surface area (Å²) in [6.45, 7) is 4.70. The van der Waals surface area contributed by atoms with E-state index in [1.54, 1.807) is 6.07 Å². The predicted octanol–water partition coefficient (Wildman–Crippen LogP) is 3.62. The van der Waals surface area contributed by atoms with Gasteiger partial charge in [0.05, 0.1) is 11.1 Å². The molecule has 1 nitrogen and oxygen atoms in total. The van der Waals surface area contributed by atoms with E-state index in [0.717, 1.165) is 4.47 Å². The van der Waals surface area contributed by atoms with E-state index in [1.807, 2.05) is 13.8 Å². The van der Waals surface area contributed by atoms with E-state index in [1.165, 1.54) is 12.1 Å². The van der Waals surface area contributed by atoms with E-state index in [4.69, 9.17) is 4.74 Å². The van der Waals surface area contributed by atoms with Gasteiger partial charge in [0.15, 0.2) is 0 Å². The molecule has 13 heavy (non-hydrogen) atoms. The molecule has 0 aliphatic rings. The Labute approximate surface area is 86.0 Å². The topological polar surface area (TPSA) is 9.23 Å². The molecule has 0 aliphatic carbocycles. The van der Waals surface area contributed by atoms with Crippen LogP contribution in [0.3, 0.4) is 0 Å². The maximum atomic E-state index is 12.8. The summed E-state index contributed by atoms with van der Waals surface area (Å²) in [7, 11) is 0. The number of halogens is 2. The zero-order valence-electron chi connectivity index (χ0n) is 7.68. The highest BCUT2D eigenvalue weighted by Crippen LogP contribution is 2.25. The van der Waals surface area contributed by atoms with Gasteiger partial charge >= 0.3 is 0 Å². The normalized spacial score (nSPS) is 10.5. The smallest absolute Gasteiger partial charge is 0.136 e. The lowest BCUT2D eigenvalue weighted by Gasteiger charge is -2.09. The van der Waals surface area contributed by atoms with E-state index >= 15 is 0 Å². The first-order valence-electron chi connectivity index (χ1n) is 4.17. The molecule has 72 valence electrons. The minimum Gasteiger partial charge on any atom is -0.492 e. The zero-order chi connectivity index (χ0) is 9.84. The second-order valence-electron chi connectivity index (χ2n) is 3.28. The largest absolute Gasteiger partial charge is 0.492 e. The Kier molecular flexibility index (Phi) is 3.72. The summed E-state index contributed by atoms with van der Waals surface area (Å²) < 4.78 is 18.9. The number of hydrogen-bond donors (Lipinski definition) is 0. The molecule has 0 spiro atoms. The summed E-state index contributed by atoms with van der Waals surface area (Å²) in [5, 5.41) is 0. The fourth-order valence-corrected chi connectivity index (χ4v) is 1.21. The van der Waals surface area contributed by atoms with Crippen molar-refractivity contribution < 1.29 is 9.13 Å². The molecule has 0 amide bonds. The maximum absolute atomic E-state index is 12.8. The molecule has 0 fully saturated rings. The molecule has 1 aromatic rings. The molecule has 0 atom stereocenters. The van der Waals surface area contributed by atoms with Crippen LogP contribution in [0.2, 0.25) is 0 Å². The van der Waals surface area contributed by atoms with Crippen LogP contribution in [-0.4, -0.2) is 6.61 Å². The predicted molar refractivity (Wildman–Crippen MR) is 54.4 cm³/mol. The van der Waals surface area contributed by atoms with E-state index < -0.39 is 0 Å². The summed E-state index contributed by atoms with van der Waals surface area (Å²) in [6.07, 6.45) is 0. The first-order valence-corrected chi connectivity index (χ1v) is 4.96. The number of ether oxygens (including phenoxy) is 1. The van der Waals surface area contributed by atoms with Gasteiger partial charge in [-0.25, -0.2) is 4.39 Å². The average molecular weight is 247 g/mol. The fourth-order valence-electron chi connectivity index (χ4n) is 0.844. The van der Waals surface area contributed by atoms with E-state index in [9.17, 15) is 4.39 Å². The molecule has 3 heteroatoms.